The van der Waals surface area contributed by atoms with Crippen molar-refractivity contribution < 1.29 is 13.2 Å². The quantitative estimate of drug-likeness (QED) is 0.821. The number of amides is 1. The summed E-state index contributed by atoms with van der Waals surface area (Å²) in [5.74, 6) is -0.399. The average Bonchev–Trinajstić information content (AvgIpc) is 3.28. The Labute approximate surface area is 150 Å². The molecule has 2 aromatic heterocycles. The van der Waals surface area contributed by atoms with E-state index in [0.717, 1.165) is 30.7 Å². The number of aryl methyl sites for hydroxylation is 2. The van der Waals surface area contributed by atoms with Crippen molar-refractivity contribution in [1.82, 2.24) is 19.1 Å². The molecule has 3 heterocycles. The van der Waals surface area contributed by atoms with Gasteiger partial charge in [-0.2, -0.15) is 4.31 Å². The number of hydrogen-bond donors (Lipinski definition) is 1. The lowest BCUT2D eigenvalue weighted by atomic mass is 10.4. The van der Waals surface area contributed by atoms with E-state index in [1.165, 1.54) is 32.5 Å². The zero-order valence-corrected chi connectivity index (χ0v) is 15.9. The van der Waals surface area contributed by atoms with Crippen molar-refractivity contribution in [3.05, 3.63) is 23.0 Å². The van der Waals surface area contributed by atoms with E-state index in [1.54, 1.807) is 7.05 Å². The Morgan fingerprint density at radius 2 is 2.04 bits per heavy atom. The average molecular weight is 383 g/mol. The second-order valence-electron chi connectivity index (χ2n) is 5.99. The Morgan fingerprint density at radius 1 is 1.32 bits per heavy atom. The van der Waals surface area contributed by atoms with Crippen molar-refractivity contribution in [3.8, 4) is 0 Å². The van der Waals surface area contributed by atoms with Crippen LogP contribution in [-0.4, -0.2) is 46.5 Å². The van der Waals surface area contributed by atoms with E-state index < -0.39 is 15.9 Å². The topological polar surface area (TPSA) is 97.2 Å². The SMILES string of the molecule is CCCc1nnc(NC(=O)c2cc(S(=O)(=O)N3CCCC3)cn2C)s1. The highest BCUT2D eigenvalue weighted by atomic mass is 32.2. The number of aromatic nitrogens is 3. The van der Waals surface area contributed by atoms with Crippen LogP contribution in [0.5, 0.6) is 0 Å². The molecule has 8 nitrogen and oxygen atoms in total. The number of rotatable bonds is 6. The van der Waals surface area contributed by atoms with Crippen LogP contribution in [0.25, 0.3) is 0 Å². The molecule has 0 bridgehead atoms. The second-order valence-corrected chi connectivity index (χ2v) is 8.99. The van der Waals surface area contributed by atoms with Crippen LogP contribution in [0.15, 0.2) is 17.2 Å². The Bertz CT molecular complexity index is 866. The number of carbonyl (C=O) groups excluding carboxylic acids is 1. The molecule has 0 aliphatic carbocycles. The summed E-state index contributed by atoms with van der Waals surface area (Å²) in [6, 6.07) is 1.41. The molecule has 0 spiro atoms. The van der Waals surface area contributed by atoms with Crippen LogP contribution in [0.2, 0.25) is 0 Å². The third-order valence-corrected chi connectivity index (χ3v) is 6.83. The van der Waals surface area contributed by atoms with E-state index in [0.29, 0.717) is 18.2 Å². The van der Waals surface area contributed by atoms with Gasteiger partial charge in [0.1, 0.15) is 15.6 Å². The van der Waals surface area contributed by atoms with Gasteiger partial charge in [-0.05, 0) is 25.3 Å². The van der Waals surface area contributed by atoms with Gasteiger partial charge in [-0.3, -0.25) is 10.1 Å². The predicted octanol–water partition coefficient (Wildman–Crippen LogP) is 1.87. The van der Waals surface area contributed by atoms with Crippen molar-refractivity contribution in [2.45, 2.75) is 37.5 Å². The second kappa shape index (κ2) is 7.22. The molecule has 0 unspecified atom stereocenters. The monoisotopic (exact) mass is 383 g/mol. The molecule has 1 aliphatic heterocycles. The molecule has 1 aliphatic rings. The lowest BCUT2D eigenvalue weighted by Gasteiger charge is -2.13. The lowest BCUT2D eigenvalue weighted by Crippen LogP contribution is -2.27. The summed E-state index contributed by atoms with van der Waals surface area (Å²) in [7, 11) is -1.89. The molecule has 136 valence electrons. The van der Waals surface area contributed by atoms with Crippen molar-refractivity contribution >= 4 is 32.4 Å². The Balaban J connectivity index is 1.78. The van der Waals surface area contributed by atoms with Gasteiger partial charge in [0.25, 0.3) is 5.91 Å². The van der Waals surface area contributed by atoms with Crippen molar-refractivity contribution in [3.63, 3.8) is 0 Å². The molecule has 3 rings (SSSR count). The Morgan fingerprint density at radius 3 is 2.72 bits per heavy atom. The molecule has 0 aromatic carbocycles. The zero-order chi connectivity index (χ0) is 18.0. The van der Waals surface area contributed by atoms with Crippen molar-refractivity contribution in [2.24, 2.45) is 7.05 Å². The molecule has 1 saturated heterocycles. The highest BCUT2D eigenvalue weighted by Crippen LogP contribution is 2.23. The summed E-state index contributed by atoms with van der Waals surface area (Å²) >= 11 is 1.33. The maximum atomic E-state index is 12.6. The van der Waals surface area contributed by atoms with Gasteiger partial charge in [-0.15, -0.1) is 10.2 Å². The van der Waals surface area contributed by atoms with E-state index in [4.69, 9.17) is 0 Å². The summed E-state index contributed by atoms with van der Waals surface area (Å²) < 4.78 is 28.2. The minimum atomic E-state index is -3.54. The zero-order valence-electron chi connectivity index (χ0n) is 14.2. The van der Waals surface area contributed by atoms with E-state index in [1.807, 2.05) is 6.92 Å². The first-order valence-corrected chi connectivity index (χ1v) is 10.5. The molecular formula is C15H21N5O3S2. The van der Waals surface area contributed by atoms with Crippen LogP contribution < -0.4 is 5.32 Å². The van der Waals surface area contributed by atoms with Crippen LogP contribution in [0.1, 0.15) is 41.7 Å². The molecule has 1 N–H and O–H groups in total. The van der Waals surface area contributed by atoms with Gasteiger partial charge in [-0.25, -0.2) is 8.42 Å². The molecule has 0 radical (unpaired) electrons. The van der Waals surface area contributed by atoms with Crippen molar-refractivity contribution in [2.75, 3.05) is 18.4 Å². The fourth-order valence-corrected chi connectivity index (χ4v) is 5.18. The fourth-order valence-electron chi connectivity index (χ4n) is 2.76. The summed E-state index contributed by atoms with van der Waals surface area (Å²) in [6.07, 6.45) is 4.99. The number of nitrogens with one attached hydrogen (secondary N) is 1. The summed E-state index contributed by atoms with van der Waals surface area (Å²) in [4.78, 5) is 12.6. The summed E-state index contributed by atoms with van der Waals surface area (Å²) in [6.45, 7) is 3.11. The van der Waals surface area contributed by atoms with Crippen molar-refractivity contribution in [1.29, 1.82) is 0 Å². The largest absolute Gasteiger partial charge is 0.345 e. The summed E-state index contributed by atoms with van der Waals surface area (Å²) in [5, 5.41) is 11.9. The van der Waals surface area contributed by atoms with Gasteiger partial charge in [0.05, 0.1) is 0 Å². The maximum absolute atomic E-state index is 12.6. The van der Waals surface area contributed by atoms with Gasteiger partial charge in [-0.1, -0.05) is 18.3 Å². The minimum absolute atomic E-state index is 0.144. The van der Waals surface area contributed by atoms with Crippen LogP contribution in [0.3, 0.4) is 0 Å². The number of hydrogen-bond acceptors (Lipinski definition) is 6. The molecule has 2 aromatic rings. The van der Waals surface area contributed by atoms with E-state index in [-0.39, 0.29) is 10.6 Å². The number of anilines is 1. The van der Waals surface area contributed by atoms with E-state index in [9.17, 15) is 13.2 Å². The molecule has 25 heavy (non-hydrogen) atoms. The van der Waals surface area contributed by atoms with E-state index >= 15 is 0 Å². The molecule has 0 atom stereocenters. The number of sulfonamides is 1. The Hall–Kier alpha value is -1.78. The highest BCUT2D eigenvalue weighted by molar-refractivity contribution is 7.89. The van der Waals surface area contributed by atoms with Gasteiger partial charge in [0.2, 0.25) is 15.2 Å². The van der Waals surface area contributed by atoms with E-state index in [2.05, 4.69) is 15.5 Å². The standard InChI is InChI=1S/C15H21N5O3S2/c1-3-6-13-17-18-15(24-13)16-14(21)12-9-11(10-19(12)2)25(22,23)20-7-4-5-8-20/h9-10H,3-8H2,1-2H3,(H,16,18,21). The number of nitrogens with zero attached hydrogens (tertiary/aromatic N) is 4. The molecule has 1 fully saturated rings. The molecular weight excluding hydrogens is 362 g/mol. The van der Waals surface area contributed by atoms with Gasteiger partial charge < -0.3 is 4.57 Å². The van der Waals surface area contributed by atoms with Crippen LogP contribution >= 0.6 is 11.3 Å². The van der Waals surface area contributed by atoms with Crippen LogP contribution in [0.4, 0.5) is 5.13 Å². The highest BCUT2D eigenvalue weighted by Gasteiger charge is 2.29. The third kappa shape index (κ3) is 3.75. The fraction of sp³-hybridized carbons (Fsp3) is 0.533. The first-order valence-electron chi connectivity index (χ1n) is 8.22. The Kier molecular flexibility index (Phi) is 5.21. The van der Waals surface area contributed by atoms with Gasteiger partial charge in [0.15, 0.2) is 0 Å². The molecule has 0 saturated carbocycles. The van der Waals surface area contributed by atoms with Crippen LogP contribution in [0, 0.1) is 0 Å². The third-order valence-electron chi connectivity index (χ3n) is 4.07. The summed E-state index contributed by atoms with van der Waals surface area (Å²) in [5.41, 5.74) is 0.269. The normalized spacial score (nSPS) is 15.6. The number of carbonyl (C=O) groups is 1. The minimum Gasteiger partial charge on any atom is -0.345 e. The smallest absolute Gasteiger partial charge is 0.274 e. The lowest BCUT2D eigenvalue weighted by molar-refractivity contribution is 0.101. The first-order chi connectivity index (χ1) is 11.9. The predicted molar refractivity (Wildman–Crippen MR) is 95.3 cm³/mol. The van der Waals surface area contributed by atoms with Gasteiger partial charge >= 0.3 is 0 Å². The molecule has 1 amide bonds. The van der Waals surface area contributed by atoms with Gasteiger partial charge in [0, 0.05) is 32.8 Å². The maximum Gasteiger partial charge on any atom is 0.274 e. The van der Waals surface area contributed by atoms with Crippen LogP contribution in [-0.2, 0) is 23.5 Å². The first kappa shape index (κ1) is 18.0. The molecule has 10 heteroatoms.